The van der Waals surface area contributed by atoms with E-state index in [1.165, 1.54) is 12.1 Å². The fourth-order valence-electron chi connectivity index (χ4n) is 4.03. The molecule has 168 valence electrons. The zero-order valence-electron chi connectivity index (χ0n) is 18.4. The average Bonchev–Trinajstić information content (AvgIpc) is 2.84. The second-order valence-electron chi connectivity index (χ2n) is 7.78. The van der Waals surface area contributed by atoms with Crippen LogP contribution in [0, 0.1) is 5.82 Å². The maximum atomic E-state index is 13.5. The molecule has 32 heavy (non-hydrogen) atoms. The molecule has 1 aliphatic rings. The van der Waals surface area contributed by atoms with Crippen molar-refractivity contribution >= 4 is 16.9 Å². The van der Waals surface area contributed by atoms with E-state index < -0.39 is 0 Å². The van der Waals surface area contributed by atoms with Crippen LogP contribution in [0.3, 0.4) is 0 Å². The molecule has 0 radical (unpaired) electrons. The van der Waals surface area contributed by atoms with Crippen LogP contribution in [-0.4, -0.2) is 55.2 Å². The molecule has 2 N–H and O–H groups in total. The molecule has 0 amide bonds. The smallest absolute Gasteiger partial charge is 0.191 e. The van der Waals surface area contributed by atoms with E-state index in [0.717, 1.165) is 47.6 Å². The van der Waals surface area contributed by atoms with Crippen LogP contribution in [0.5, 0.6) is 0 Å². The lowest BCUT2D eigenvalue weighted by Crippen LogP contribution is -2.46. The number of pyridine rings is 1. The molecular formula is C25H30FN5O. The highest BCUT2D eigenvalue weighted by molar-refractivity contribution is 5.83. The minimum atomic E-state index is -0.221. The topological polar surface area (TPSA) is 61.8 Å². The highest BCUT2D eigenvalue weighted by atomic mass is 19.1. The van der Waals surface area contributed by atoms with E-state index in [-0.39, 0.29) is 11.9 Å². The van der Waals surface area contributed by atoms with Crippen LogP contribution in [0.2, 0.25) is 0 Å². The van der Waals surface area contributed by atoms with Crippen molar-refractivity contribution in [2.75, 3.05) is 39.4 Å². The van der Waals surface area contributed by atoms with Crippen molar-refractivity contribution in [1.82, 2.24) is 20.5 Å². The Bertz CT molecular complexity index is 1030. The number of nitrogens with zero attached hydrogens (tertiary/aromatic N) is 3. The SMILES string of the molecule is CCNC(=NCc1cccc2cccnc12)NCC(c1ccc(F)cc1)N1CCOCC1. The number of benzene rings is 2. The van der Waals surface area contributed by atoms with Crippen LogP contribution in [0.1, 0.15) is 24.1 Å². The molecule has 1 unspecified atom stereocenters. The number of rotatable bonds is 7. The van der Waals surface area contributed by atoms with Crippen molar-refractivity contribution in [3.05, 3.63) is 77.7 Å². The first-order chi connectivity index (χ1) is 15.7. The summed E-state index contributed by atoms with van der Waals surface area (Å²) in [7, 11) is 0. The van der Waals surface area contributed by atoms with E-state index in [1.807, 2.05) is 30.5 Å². The molecule has 1 atom stereocenters. The van der Waals surface area contributed by atoms with Gasteiger partial charge in [-0.15, -0.1) is 0 Å². The normalized spacial score (nSPS) is 16.1. The van der Waals surface area contributed by atoms with Crippen molar-refractivity contribution in [1.29, 1.82) is 0 Å². The van der Waals surface area contributed by atoms with Crippen LogP contribution >= 0.6 is 0 Å². The first-order valence-electron chi connectivity index (χ1n) is 11.2. The minimum absolute atomic E-state index is 0.0996. The molecule has 3 aromatic rings. The molecule has 0 saturated carbocycles. The number of nitrogens with one attached hydrogen (secondary N) is 2. The second-order valence-corrected chi connectivity index (χ2v) is 7.78. The van der Waals surface area contributed by atoms with Crippen molar-refractivity contribution in [2.45, 2.75) is 19.5 Å². The maximum absolute atomic E-state index is 13.5. The number of guanidine groups is 1. The molecule has 6 nitrogen and oxygen atoms in total. The first kappa shape index (κ1) is 22.2. The summed E-state index contributed by atoms with van der Waals surface area (Å²) >= 11 is 0. The quantitative estimate of drug-likeness (QED) is 0.439. The number of hydrogen-bond acceptors (Lipinski definition) is 4. The van der Waals surface area contributed by atoms with Gasteiger partial charge in [-0.1, -0.05) is 36.4 Å². The molecule has 0 spiro atoms. The Morgan fingerprint density at radius 2 is 1.88 bits per heavy atom. The number of aromatic nitrogens is 1. The average molecular weight is 436 g/mol. The summed E-state index contributed by atoms with van der Waals surface area (Å²) in [4.78, 5) is 11.7. The van der Waals surface area contributed by atoms with Crippen molar-refractivity contribution < 1.29 is 9.13 Å². The lowest BCUT2D eigenvalue weighted by Gasteiger charge is -2.35. The monoisotopic (exact) mass is 435 g/mol. The number of ether oxygens (including phenoxy) is 1. The summed E-state index contributed by atoms with van der Waals surface area (Å²) in [5.41, 5.74) is 3.14. The molecule has 0 bridgehead atoms. The van der Waals surface area contributed by atoms with Crippen molar-refractivity contribution in [2.24, 2.45) is 4.99 Å². The molecule has 1 aliphatic heterocycles. The Balaban J connectivity index is 1.50. The Morgan fingerprint density at radius 3 is 2.66 bits per heavy atom. The van der Waals surface area contributed by atoms with Crippen LogP contribution in [0.4, 0.5) is 4.39 Å². The summed E-state index contributed by atoms with van der Waals surface area (Å²) in [5.74, 6) is 0.529. The van der Waals surface area contributed by atoms with E-state index in [0.29, 0.717) is 26.3 Å². The highest BCUT2D eigenvalue weighted by Crippen LogP contribution is 2.22. The highest BCUT2D eigenvalue weighted by Gasteiger charge is 2.23. The largest absolute Gasteiger partial charge is 0.379 e. The van der Waals surface area contributed by atoms with Crippen molar-refractivity contribution in [3.8, 4) is 0 Å². The van der Waals surface area contributed by atoms with Gasteiger partial charge in [0, 0.05) is 37.8 Å². The van der Waals surface area contributed by atoms with E-state index in [9.17, 15) is 4.39 Å². The van der Waals surface area contributed by atoms with E-state index >= 15 is 0 Å². The third-order valence-corrected chi connectivity index (χ3v) is 5.67. The van der Waals surface area contributed by atoms with E-state index in [1.54, 1.807) is 0 Å². The van der Waals surface area contributed by atoms with Crippen LogP contribution in [0.25, 0.3) is 10.9 Å². The number of morpholine rings is 1. The standard InChI is InChI=1S/C25H30FN5O/c1-2-27-25(29-17-21-6-3-5-20-7-4-12-28-24(20)21)30-18-23(31-13-15-32-16-14-31)19-8-10-22(26)11-9-19/h3-12,23H,2,13-18H2,1H3,(H2,27,29,30). The van der Waals surface area contributed by atoms with Gasteiger partial charge in [0.25, 0.3) is 0 Å². The van der Waals surface area contributed by atoms with Gasteiger partial charge < -0.3 is 15.4 Å². The Labute approximate surface area is 188 Å². The zero-order chi connectivity index (χ0) is 22.2. The number of para-hydroxylation sites is 1. The van der Waals surface area contributed by atoms with Gasteiger partial charge in [0.05, 0.1) is 31.3 Å². The number of aliphatic imine (C=N–C) groups is 1. The lowest BCUT2D eigenvalue weighted by atomic mass is 10.0. The molecular weight excluding hydrogens is 405 g/mol. The van der Waals surface area contributed by atoms with Crippen LogP contribution < -0.4 is 10.6 Å². The maximum Gasteiger partial charge on any atom is 0.191 e. The predicted octanol–water partition coefficient (Wildman–Crippen LogP) is 3.50. The fourth-order valence-corrected chi connectivity index (χ4v) is 4.03. The Morgan fingerprint density at radius 1 is 1.09 bits per heavy atom. The molecule has 1 aromatic heterocycles. The molecule has 0 aliphatic carbocycles. The number of halogens is 1. The number of hydrogen-bond donors (Lipinski definition) is 2. The molecule has 1 saturated heterocycles. The van der Waals surface area contributed by atoms with E-state index in [2.05, 4.69) is 45.6 Å². The van der Waals surface area contributed by atoms with Gasteiger partial charge in [-0.05, 0) is 36.2 Å². The van der Waals surface area contributed by atoms with Gasteiger partial charge >= 0.3 is 0 Å². The second kappa shape index (κ2) is 11.0. The van der Waals surface area contributed by atoms with Gasteiger partial charge in [-0.3, -0.25) is 9.88 Å². The summed E-state index contributed by atoms with van der Waals surface area (Å²) in [6.45, 7) is 7.11. The van der Waals surface area contributed by atoms with Crippen LogP contribution in [-0.2, 0) is 11.3 Å². The van der Waals surface area contributed by atoms with Gasteiger partial charge in [0.15, 0.2) is 5.96 Å². The summed E-state index contributed by atoms with van der Waals surface area (Å²) in [6.07, 6.45) is 1.81. The minimum Gasteiger partial charge on any atom is -0.379 e. The van der Waals surface area contributed by atoms with E-state index in [4.69, 9.17) is 9.73 Å². The lowest BCUT2D eigenvalue weighted by molar-refractivity contribution is 0.0170. The van der Waals surface area contributed by atoms with Gasteiger partial charge in [0.2, 0.25) is 0 Å². The Kier molecular flexibility index (Phi) is 7.64. The number of fused-ring (bicyclic) bond motifs is 1. The summed E-state index contributed by atoms with van der Waals surface area (Å²) in [6, 6.07) is 17.1. The van der Waals surface area contributed by atoms with Crippen molar-refractivity contribution in [3.63, 3.8) is 0 Å². The van der Waals surface area contributed by atoms with Gasteiger partial charge in [-0.25, -0.2) is 9.38 Å². The molecule has 2 heterocycles. The predicted molar refractivity (Wildman–Crippen MR) is 126 cm³/mol. The fraction of sp³-hybridized carbons (Fsp3) is 0.360. The third-order valence-electron chi connectivity index (χ3n) is 5.67. The molecule has 1 fully saturated rings. The van der Waals surface area contributed by atoms with Gasteiger partial charge in [0.1, 0.15) is 5.82 Å². The first-order valence-corrected chi connectivity index (χ1v) is 11.2. The third kappa shape index (κ3) is 5.60. The Hall–Kier alpha value is -3.03. The summed E-state index contributed by atoms with van der Waals surface area (Å²) < 4.78 is 19.0. The van der Waals surface area contributed by atoms with Crippen LogP contribution in [0.15, 0.2) is 65.8 Å². The zero-order valence-corrected chi connectivity index (χ0v) is 18.4. The molecule has 4 rings (SSSR count). The summed E-state index contributed by atoms with van der Waals surface area (Å²) in [5, 5.41) is 7.94. The molecule has 2 aromatic carbocycles. The molecule has 7 heteroatoms. The van der Waals surface area contributed by atoms with Gasteiger partial charge in [-0.2, -0.15) is 0 Å².